The molecule has 1 fully saturated rings. The van der Waals surface area contributed by atoms with Gasteiger partial charge in [0.25, 0.3) is 0 Å². The van der Waals surface area contributed by atoms with E-state index in [1.807, 2.05) is 0 Å². The summed E-state index contributed by atoms with van der Waals surface area (Å²) >= 11 is 0. The van der Waals surface area contributed by atoms with Crippen molar-refractivity contribution in [3.05, 3.63) is 35.4 Å². The fourth-order valence-corrected chi connectivity index (χ4v) is 2.42. The van der Waals surface area contributed by atoms with Crippen LogP contribution in [0.5, 0.6) is 0 Å². The molecule has 0 unspecified atom stereocenters. The number of hydrogen-bond donors (Lipinski definition) is 1. The minimum atomic E-state index is -4.45. The van der Waals surface area contributed by atoms with E-state index in [4.69, 9.17) is 0 Å². The second-order valence-electron chi connectivity index (χ2n) is 4.54. The van der Waals surface area contributed by atoms with Crippen LogP contribution in [0.25, 0.3) is 0 Å². The molecule has 0 radical (unpaired) electrons. The molecule has 114 valence electrons. The van der Waals surface area contributed by atoms with E-state index in [0.717, 1.165) is 6.07 Å². The predicted octanol–water partition coefficient (Wildman–Crippen LogP) is 3.04. The Labute approximate surface area is 121 Å². The van der Waals surface area contributed by atoms with Gasteiger partial charge in [-0.3, -0.25) is 4.90 Å². The van der Waals surface area contributed by atoms with Crippen LogP contribution in [0.4, 0.5) is 17.6 Å². The van der Waals surface area contributed by atoms with Crippen LogP contribution in [0.2, 0.25) is 0 Å². The Hall–Kier alpha value is -0.850. The van der Waals surface area contributed by atoms with Gasteiger partial charge in [0.05, 0.1) is 11.6 Å². The summed E-state index contributed by atoms with van der Waals surface area (Å²) < 4.78 is 52.1. The minimum absolute atomic E-state index is 0. The molecular formula is C13H17ClF4N2. The second-order valence-corrected chi connectivity index (χ2v) is 4.54. The van der Waals surface area contributed by atoms with Gasteiger partial charge < -0.3 is 5.32 Å². The van der Waals surface area contributed by atoms with Crippen LogP contribution in [0, 0.1) is 0 Å². The third-order valence-corrected chi connectivity index (χ3v) is 3.36. The molecule has 1 aromatic carbocycles. The lowest BCUT2D eigenvalue weighted by Crippen LogP contribution is -2.46. The predicted molar refractivity (Wildman–Crippen MR) is 71.9 cm³/mol. The molecule has 1 aromatic rings. The van der Waals surface area contributed by atoms with Gasteiger partial charge in [-0.2, -0.15) is 13.2 Å². The first-order chi connectivity index (χ1) is 9.04. The van der Waals surface area contributed by atoms with E-state index in [0.29, 0.717) is 26.2 Å². The van der Waals surface area contributed by atoms with Crippen LogP contribution in [0.3, 0.4) is 0 Å². The molecule has 0 bridgehead atoms. The fourth-order valence-electron chi connectivity index (χ4n) is 2.42. The molecule has 1 aliphatic rings. The van der Waals surface area contributed by atoms with Crippen molar-refractivity contribution in [2.45, 2.75) is 12.2 Å². The number of nitrogens with one attached hydrogen (secondary N) is 1. The van der Waals surface area contributed by atoms with Gasteiger partial charge in [0.1, 0.15) is 6.67 Å². The van der Waals surface area contributed by atoms with Gasteiger partial charge in [0.15, 0.2) is 0 Å². The molecule has 7 heteroatoms. The molecule has 2 rings (SSSR count). The highest BCUT2D eigenvalue weighted by Crippen LogP contribution is 2.36. The highest BCUT2D eigenvalue weighted by atomic mass is 35.5. The molecular weight excluding hydrogens is 296 g/mol. The van der Waals surface area contributed by atoms with Crippen molar-refractivity contribution in [3.63, 3.8) is 0 Å². The van der Waals surface area contributed by atoms with Gasteiger partial charge in [-0.1, -0.05) is 18.2 Å². The first kappa shape index (κ1) is 17.2. The molecule has 1 aliphatic heterocycles. The van der Waals surface area contributed by atoms with Gasteiger partial charge in [0, 0.05) is 26.2 Å². The lowest BCUT2D eigenvalue weighted by atomic mass is 9.99. The standard InChI is InChI=1S/C13H16F4N2.ClH/c14-9-12(19-7-5-18-6-8-19)10-3-1-2-4-11(10)13(15,16)17;/h1-4,12,18H,5-9H2;1H/t12-;/m0./s1. The zero-order valence-electron chi connectivity index (χ0n) is 10.8. The quantitative estimate of drug-likeness (QED) is 0.863. The van der Waals surface area contributed by atoms with Gasteiger partial charge in [-0.15, -0.1) is 12.4 Å². The van der Waals surface area contributed by atoms with E-state index in [2.05, 4.69) is 5.32 Å². The average molecular weight is 313 g/mol. The molecule has 1 N–H and O–H groups in total. The molecule has 0 aromatic heterocycles. The van der Waals surface area contributed by atoms with Crippen LogP contribution in [0.15, 0.2) is 24.3 Å². The van der Waals surface area contributed by atoms with Crippen molar-refractivity contribution in [3.8, 4) is 0 Å². The summed E-state index contributed by atoms with van der Waals surface area (Å²) in [5.41, 5.74) is -0.712. The maximum atomic E-state index is 13.3. The minimum Gasteiger partial charge on any atom is -0.314 e. The van der Waals surface area contributed by atoms with Crippen LogP contribution in [-0.4, -0.2) is 37.8 Å². The molecule has 0 saturated carbocycles. The molecule has 1 atom stereocenters. The lowest BCUT2D eigenvalue weighted by molar-refractivity contribution is -0.138. The Bertz CT molecular complexity index is 419. The summed E-state index contributed by atoms with van der Waals surface area (Å²) in [5, 5.41) is 3.10. The smallest absolute Gasteiger partial charge is 0.314 e. The summed E-state index contributed by atoms with van der Waals surface area (Å²) in [7, 11) is 0. The zero-order valence-corrected chi connectivity index (χ0v) is 11.6. The Morgan fingerprint density at radius 3 is 2.30 bits per heavy atom. The normalized spacial score (nSPS) is 18.4. The van der Waals surface area contributed by atoms with Crippen LogP contribution < -0.4 is 5.32 Å². The first-order valence-corrected chi connectivity index (χ1v) is 6.21. The maximum Gasteiger partial charge on any atom is 0.416 e. The van der Waals surface area contributed by atoms with Crippen molar-refractivity contribution in [1.82, 2.24) is 10.2 Å². The number of rotatable bonds is 3. The molecule has 0 amide bonds. The van der Waals surface area contributed by atoms with E-state index >= 15 is 0 Å². The van der Waals surface area contributed by atoms with Crippen molar-refractivity contribution >= 4 is 12.4 Å². The third-order valence-electron chi connectivity index (χ3n) is 3.36. The Morgan fingerprint density at radius 2 is 1.75 bits per heavy atom. The summed E-state index contributed by atoms with van der Waals surface area (Å²) in [5.74, 6) is 0. The fraction of sp³-hybridized carbons (Fsp3) is 0.538. The van der Waals surface area contributed by atoms with E-state index in [1.165, 1.54) is 18.2 Å². The molecule has 20 heavy (non-hydrogen) atoms. The van der Waals surface area contributed by atoms with E-state index in [1.54, 1.807) is 4.90 Å². The summed E-state index contributed by atoms with van der Waals surface area (Å²) in [6.07, 6.45) is -4.45. The Balaban J connectivity index is 0.00000200. The maximum absolute atomic E-state index is 13.3. The van der Waals surface area contributed by atoms with Crippen molar-refractivity contribution in [1.29, 1.82) is 0 Å². The topological polar surface area (TPSA) is 15.3 Å². The number of hydrogen-bond acceptors (Lipinski definition) is 2. The van der Waals surface area contributed by atoms with E-state index < -0.39 is 24.5 Å². The largest absolute Gasteiger partial charge is 0.416 e. The highest BCUT2D eigenvalue weighted by Gasteiger charge is 2.36. The number of benzene rings is 1. The molecule has 0 aliphatic carbocycles. The van der Waals surface area contributed by atoms with E-state index in [-0.39, 0.29) is 18.0 Å². The Kier molecular flexibility index (Phi) is 6.23. The SMILES string of the molecule is Cl.FC[C@@H](c1ccccc1C(F)(F)F)N1CCNCC1. The van der Waals surface area contributed by atoms with Crippen molar-refractivity contribution in [2.75, 3.05) is 32.9 Å². The van der Waals surface area contributed by atoms with Crippen LogP contribution in [-0.2, 0) is 6.18 Å². The summed E-state index contributed by atoms with van der Waals surface area (Å²) in [4.78, 5) is 1.76. The van der Waals surface area contributed by atoms with Crippen LogP contribution >= 0.6 is 12.4 Å². The number of piperazine rings is 1. The number of nitrogens with zero attached hydrogens (tertiary/aromatic N) is 1. The number of alkyl halides is 4. The van der Waals surface area contributed by atoms with Gasteiger partial charge in [0.2, 0.25) is 0 Å². The lowest BCUT2D eigenvalue weighted by Gasteiger charge is -2.34. The summed E-state index contributed by atoms with van der Waals surface area (Å²) in [6.45, 7) is 1.64. The van der Waals surface area contributed by atoms with E-state index in [9.17, 15) is 17.6 Å². The average Bonchev–Trinajstić information content (AvgIpc) is 2.40. The second kappa shape index (κ2) is 7.24. The van der Waals surface area contributed by atoms with Gasteiger partial charge >= 0.3 is 6.18 Å². The Morgan fingerprint density at radius 1 is 1.15 bits per heavy atom. The number of halogens is 5. The third kappa shape index (κ3) is 3.84. The van der Waals surface area contributed by atoms with Crippen molar-refractivity contribution < 1.29 is 17.6 Å². The van der Waals surface area contributed by atoms with Crippen molar-refractivity contribution in [2.24, 2.45) is 0 Å². The molecule has 0 spiro atoms. The molecule has 1 saturated heterocycles. The summed E-state index contributed by atoms with van der Waals surface area (Å²) in [6, 6.07) is 4.42. The molecule has 1 heterocycles. The van der Waals surface area contributed by atoms with Gasteiger partial charge in [-0.05, 0) is 11.6 Å². The molecule has 2 nitrogen and oxygen atoms in total. The van der Waals surface area contributed by atoms with Crippen LogP contribution in [0.1, 0.15) is 17.2 Å². The monoisotopic (exact) mass is 312 g/mol. The zero-order chi connectivity index (χ0) is 13.9. The van der Waals surface area contributed by atoms with Gasteiger partial charge in [-0.25, -0.2) is 4.39 Å². The first-order valence-electron chi connectivity index (χ1n) is 6.21. The highest BCUT2D eigenvalue weighted by molar-refractivity contribution is 5.85.